The lowest BCUT2D eigenvalue weighted by Crippen LogP contribution is -2.37. The fraction of sp³-hybridized carbons (Fsp3) is 1.00. The van der Waals surface area contributed by atoms with Crippen molar-refractivity contribution in [1.82, 2.24) is 10.6 Å². The topological polar surface area (TPSA) is 33.3 Å². The number of hydrogen-bond acceptors (Lipinski definition) is 3. The zero-order valence-corrected chi connectivity index (χ0v) is 12.3. The van der Waals surface area contributed by atoms with Crippen molar-refractivity contribution in [2.45, 2.75) is 70.9 Å². The van der Waals surface area contributed by atoms with Crippen LogP contribution in [-0.4, -0.2) is 38.4 Å². The highest BCUT2D eigenvalue weighted by Crippen LogP contribution is 2.12. The van der Waals surface area contributed by atoms with Crippen molar-refractivity contribution in [3.63, 3.8) is 0 Å². The van der Waals surface area contributed by atoms with Crippen LogP contribution in [0.1, 0.15) is 58.8 Å². The van der Waals surface area contributed by atoms with Gasteiger partial charge < -0.3 is 15.4 Å². The lowest BCUT2D eigenvalue weighted by molar-refractivity contribution is 0.131. The molecule has 0 aliphatic carbocycles. The highest BCUT2D eigenvalue weighted by molar-refractivity contribution is 4.75. The largest absolute Gasteiger partial charge is 0.381 e. The summed E-state index contributed by atoms with van der Waals surface area (Å²) in [6.45, 7) is 8.55. The van der Waals surface area contributed by atoms with E-state index in [2.05, 4.69) is 24.5 Å². The predicted octanol–water partition coefficient (Wildman–Crippen LogP) is 2.70. The molecule has 0 spiro atoms. The van der Waals surface area contributed by atoms with Crippen LogP contribution in [0.15, 0.2) is 0 Å². The Morgan fingerprint density at radius 3 is 3.00 bits per heavy atom. The normalized spacial score (nSPS) is 22.7. The number of rotatable bonds is 9. The molecule has 0 aromatic rings. The Bertz CT molecular complexity index is 179. The molecule has 0 saturated carbocycles. The van der Waals surface area contributed by atoms with Gasteiger partial charge in [0, 0.05) is 25.3 Å². The van der Waals surface area contributed by atoms with Gasteiger partial charge in [0.25, 0.3) is 0 Å². The van der Waals surface area contributed by atoms with E-state index in [1.165, 1.54) is 38.6 Å². The van der Waals surface area contributed by atoms with Gasteiger partial charge in [0.05, 0.1) is 0 Å². The van der Waals surface area contributed by atoms with E-state index >= 15 is 0 Å². The van der Waals surface area contributed by atoms with Gasteiger partial charge in [0.15, 0.2) is 0 Å². The predicted molar refractivity (Wildman–Crippen MR) is 78.1 cm³/mol. The molecule has 0 amide bonds. The van der Waals surface area contributed by atoms with Crippen LogP contribution in [0.5, 0.6) is 0 Å². The molecule has 3 heteroatoms. The molecular formula is C15H32N2O. The second kappa shape index (κ2) is 10.8. The highest BCUT2D eigenvalue weighted by Gasteiger charge is 2.14. The summed E-state index contributed by atoms with van der Waals surface area (Å²) in [6, 6.07) is 1.35. The summed E-state index contributed by atoms with van der Waals surface area (Å²) in [6.07, 6.45) is 9.02. The summed E-state index contributed by atoms with van der Waals surface area (Å²) in [5.41, 5.74) is 0. The van der Waals surface area contributed by atoms with Gasteiger partial charge in [-0.2, -0.15) is 0 Å². The Morgan fingerprint density at radius 2 is 2.17 bits per heavy atom. The fourth-order valence-electron chi connectivity index (χ4n) is 2.58. The Hall–Kier alpha value is -0.120. The monoisotopic (exact) mass is 256 g/mol. The molecule has 1 heterocycles. The van der Waals surface area contributed by atoms with Gasteiger partial charge in [0.2, 0.25) is 0 Å². The molecule has 0 bridgehead atoms. The second-order valence-electron chi connectivity index (χ2n) is 5.56. The Morgan fingerprint density at radius 1 is 1.28 bits per heavy atom. The van der Waals surface area contributed by atoms with E-state index in [1.54, 1.807) is 0 Å². The van der Waals surface area contributed by atoms with E-state index < -0.39 is 0 Å². The molecule has 1 rings (SSSR count). The summed E-state index contributed by atoms with van der Waals surface area (Å²) in [7, 11) is 0. The lowest BCUT2D eigenvalue weighted by atomic mass is 10.0. The van der Waals surface area contributed by atoms with Crippen molar-refractivity contribution in [3.8, 4) is 0 Å². The molecule has 1 fully saturated rings. The molecule has 2 atom stereocenters. The minimum Gasteiger partial charge on any atom is -0.381 e. The van der Waals surface area contributed by atoms with Crippen molar-refractivity contribution < 1.29 is 4.74 Å². The minimum atomic E-state index is 0.617. The molecule has 1 aliphatic heterocycles. The molecule has 2 unspecified atom stereocenters. The fourth-order valence-corrected chi connectivity index (χ4v) is 2.58. The van der Waals surface area contributed by atoms with Crippen LogP contribution in [-0.2, 0) is 4.74 Å². The van der Waals surface area contributed by atoms with Crippen molar-refractivity contribution in [3.05, 3.63) is 0 Å². The van der Waals surface area contributed by atoms with Gasteiger partial charge in [-0.05, 0) is 52.1 Å². The molecule has 0 radical (unpaired) electrons. The first-order valence-electron chi connectivity index (χ1n) is 7.87. The van der Waals surface area contributed by atoms with Crippen LogP contribution in [0.25, 0.3) is 0 Å². The average Bonchev–Trinajstić information content (AvgIpc) is 2.62. The van der Waals surface area contributed by atoms with Crippen LogP contribution in [0.3, 0.4) is 0 Å². The number of nitrogens with one attached hydrogen (secondary N) is 2. The third-order valence-corrected chi connectivity index (χ3v) is 3.61. The summed E-state index contributed by atoms with van der Waals surface area (Å²) < 4.78 is 5.48. The number of ether oxygens (including phenoxy) is 1. The molecular weight excluding hydrogens is 224 g/mol. The van der Waals surface area contributed by atoms with Crippen molar-refractivity contribution in [2.24, 2.45) is 0 Å². The lowest BCUT2D eigenvalue weighted by Gasteiger charge is -2.21. The van der Waals surface area contributed by atoms with Gasteiger partial charge in [-0.15, -0.1) is 0 Å². The van der Waals surface area contributed by atoms with E-state index in [4.69, 9.17) is 4.74 Å². The quantitative estimate of drug-likeness (QED) is 0.622. The van der Waals surface area contributed by atoms with Crippen molar-refractivity contribution >= 4 is 0 Å². The molecule has 18 heavy (non-hydrogen) atoms. The van der Waals surface area contributed by atoms with Gasteiger partial charge in [-0.3, -0.25) is 0 Å². The van der Waals surface area contributed by atoms with Gasteiger partial charge >= 0.3 is 0 Å². The van der Waals surface area contributed by atoms with Crippen LogP contribution in [0.2, 0.25) is 0 Å². The van der Waals surface area contributed by atoms with Gasteiger partial charge in [-0.25, -0.2) is 0 Å². The first-order valence-corrected chi connectivity index (χ1v) is 7.87. The maximum atomic E-state index is 5.48. The Balaban J connectivity index is 1.97. The van der Waals surface area contributed by atoms with Gasteiger partial charge in [0.1, 0.15) is 0 Å². The SMILES string of the molecule is CCCOCCCNC(C)CC1CCCCCN1. The summed E-state index contributed by atoms with van der Waals surface area (Å²) in [4.78, 5) is 0. The molecule has 0 aromatic carbocycles. The first-order chi connectivity index (χ1) is 8.83. The van der Waals surface area contributed by atoms with Crippen LogP contribution in [0, 0.1) is 0 Å². The smallest absolute Gasteiger partial charge is 0.0478 e. The average molecular weight is 256 g/mol. The number of hydrogen-bond donors (Lipinski definition) is 2. The van der Waals surface area contributed by atoms with Crippen LogP contribution < -0.4 is 10.6 Å². The molecule has 2 N–H and O–H groups in total. The summed E-state index contributed by atoms with van der Waals surface area (Å²) in [5.74, 6) is 0. The summed E-state index contributed by atoms with van der Waals surface area (Å²) in [5, 5.41) is 7.27. The molecule has 1 saturated heterocycles. The van der Waals surface area contributed by atoms with Crippen LogP contribution in [0.4, 0.5) is 0 Å². The zero-order chi connectivity index (χ0) is 13.1. The van der Waals surface area contributed by atoms with Crippen molar-refractivity contribution in [2.75, 3.05) is 26.3 Å². The zero-order valence-electron chi connectivity index (χ0n) is 12.3. The van der Waals surface area contributed by atoms with Crippen LogP contribution >= 0.6 is 0 Å². The van der Waals surface area contributed by atoms with E-state index in [1.807, 2.05) is 0 Å². The highest BCUT2D eigenvalue weighted by atomic mass is 16.5. The molecule has 1 aliphatic rings. The second-order valence-corrected chi connectivity index (χ2v) is 5.56. The van der Waals surface area contributed by atoms with E-state index in [0.29, 0.717) is 6.04 Å². The molecule has 108 valence electrons. The third-order valence-electron chi connectivity index (χ3n) is 3.61. The van der Waals surface area contributed by atoms with E-state index in [9.17, 15) is 0 Å². The third kappa shape index (κ3) is 8.06. The molecule has 0 aromatic heterocycles. The molecule has 3 nitrogen and oxygen atoms in total. The maximum Gasteiger partial charge on any atom is 0.0478 e. The van der Waals surface area contributed by atoms with E-state index in [0.717, 1.165) is 38.6 Å². The standard InChI is InChI=1S/C15H32N2O/c1-3-11-18-12-7-10-16-14(2)13-15-8-5-4-6-9-17-15/h14-17H,3-13H2,1-2H3. The first kappa shape index (κ1) is 15.9. The van der Waals surface area contributed by atoms with E-state index in [-0.39, 0.29) is 0 Å². The minimum absolute atomic E-state index is 0.617. The Labute approximate surface area is 113 Å². The van der Waals surface area contributed by atoms with Gasteiger partial charge in [-0.1, -0.05) is 19.8 Å². The summed E-state index contributed by atoms with van der Waals surface area (Å²) >= 11 is 0. The Kier molecular flexibility index (Phi) is 9.54. The van der Waals surface area contributed by atoms with Crippen molar-refractivity contribution in [1.29, 1.82) is 0 Å². The maximum absolute atomic E-state index is 5.48.